The summed E-state index contributed by atoms with van der Waals surface area (Å²) in [6.45, 7) is 12.8. The van der Waals surface area contributed by atoms with Gasteiger partial charge in [0.05, 0.1) is 30.9 Å². The SMILES string of the molecule is CC(C)C[C@@H](C=O)NC(=O)[C@H](CC(=O)O)NC(=O)[C@H](Cc1ccc(O)cc1)NC(=O)[C@H](CC(C)C)NC(=O)[C@H](CCC(=O)O)NC(=O)[C@H](Cc1cnc[nH]1)NC(=O)[C@H](CC(C)C)NC(=O)[C@@H](NC(=O)[C@@H]1CCCN1C(=O)[C@@H]1CCCN1)[C@@H](C)O. The first-order chi connectivity index (χ1) is 39.6. The molecule has 11 atom stereocenters. The number of rotatable bonds is 34. The van der Waals surface area contributed by atoms with Crippen molar-refractivity contribution in [2.24, 2.45) is 17.8 Å². The van der Waals surface area contributed by atoms with Crippen molar-refractivity contribution in [2.75, 3.05) is 13.1 Å². The van der Waals surface area contributed by atoms with E-state index in [0.717, 1.165) is 6.42 Å². The van der Waals surface area contributed by atoms with E-state index in [0.29, 0.717) is 49.9 Å². The Balaban J connectivity index is 1.58. The van der Waals surface area contributed by atoms with Gasteiger partial charge in [-0.1, -0.05) is 53.7 Å². The molecule has 0 saturated carbocycles. The summed E-state index contributed by atoms with van der Waals surface area (Å²) in [6.07, 6.45) is 1.27. The number of H-pyrrole nitrogens is 1. The number of amides is 9. The first-order valence-corrected chi connectivity index (χ1v) is 28.4. The molecule has 0 unspecified atom stereocenters. The van der Waals surface area contributed by atoms with Gasteiger partial charge in [0.15, 0.2) is 0 Å². The van der Waals surface area contributed by atoms with E-state index < -0.39 is 145 Å². The number of benzene rings is 1. The zero-order valence-electron chi connectivity index (χ0n) is 48.6. The van der Waals surface area contributed by atoms with Crippen LogP contribution in [0.15, 0.2) is 36.8 Å². The molecule has 2 aliphatic heterocycles. The Bertz CT molecular complexity index is 2590. The molecular weight excluding hydrogens is 1100 g/mol. The van der Waals surface area contributed by atoms with Gasteiger partial charge in [-0.05, 0) is 100 Å². The number of nitrogens with one attached hydrogen (secondary N) is 10. The summed E-state index contributed by atoms with van der Waals surface area (Å²) in [5, 5.41) is 63.5. The Morgan fingerprint density at radius 3 is 1.67 bits per heavy atom. The minimum absolute atomic E-state index is 0.0192. The van der Waals surface area contributed by atoms with E-state index >= 15 is 0 Å². The van der Waals surface area contributed by atoms with E-state index in [2.05, 4.69) is 57.8 Å². The van der Waals surface area contributed by atoms with Crippen LogP contribution >= 0.6 is 0 Å². The van der Waals surface area contributed by atoms with Gasteiger partial charge >= 0.3 is 11.9 Å². The highest BCUT2D eigenvalue weighted by molar-refractivity contribution is 5.99. The minimum atomic E-state index is -1.73. The summed E-state index contributed by atoms with van der Waals surface area (Å²) < 4.78 is 0. The highest BCUT2D eigenvalue weighted by Gasteiger charge is 2.41. The summed E-state index contributed by atoms with van der Waals surface area (Å²) in [6, 6.07) is -7.91. The molecule has 28 heteroatoms. The number of aliphatic hydroxyl groups excluding tert-OH is 1. The number of nitrogens with zero attached hydrogens (tertiary/aromatic N) is 2. The van der Waals surface area contributed by atoms with Gasteiger partial charge in [-0.15, -0.1) is 0 Å². The van der Waals surface area contributed by atoms with Crippen molar-refractivity contribution >= 4 is 71.4 Å². The molecule has 1 aromatic heterocycles. The molecule has 84 heavy (non-hydrogen) atoms. The second-order valence-electron chi connectivity index (χ2n) is 22.8. The molecule has 464 valence electrons. The lowest BCUT2D eigenvalue weighted by molar-refractivity contribution is -0.141. The maximum absolute atomic E-state index is 14.5. The highest BCUT2D eigenvalue weighted by Crippen LogP contribution is 2.22. The Hall–Kier alpha value is -8.01. The number of aromatic nitrogens is 2. The first kappa shape index (κ1) is 68.5. The van der Waals surface area contributed by atoms with Crippen LogP contribution in [0.25, 0.3) is 0 Å². The van der Waals surface area contributed by atoms with Gasteiger partial charge in [0.2, 0.25) is 53.2 Å². The smallest absolute Gasteiger partial charge is 0.305 e. The van der Waals surface area contributed by atoms with Crippen LogP contribution in [0.1, 0.15) is 124 Å². The van der Waals surface area contributed by atoms with Crippen molar-refractivity contribution in [1.82, 2.24) is 62.7 Å². The number of aliphatic carboxylic acids is 2. The van der Waals surface area contributed by atoms with Crippen LogP contribution in [0.3, 0.4) is 0 Å². The van der Waals surface area contributed by atoms with Gasteiger partial charge in [0.25, 0.3) is 0 Å². The molecule has 28 nitrogen and oxygen atoms in total. The van der Waals surface area contributed by atoms with Gasteiger partial charge in [-0.2, -0.15) is 0 Å². The quantitative estimate of drug-likeness (QED) is 0.0358. The molecular formula is C56H84N12O16. The third-order valence-corrected chi connectivity index (χ3v) is 14.1. The molecule has 0 radical (unpaired) electrons. The average Bonchev–Trinajstić information content (AvgIpc) is 4.15. The lowest BCUT2D eigenvalue weighted by Crippen LogP contribution is -2.62. The van der Waals surface area contributed by atoms with Gasteiger partial charge < -0.3 is 83.0 Å². The third kappa shape index (κ3) is 22.3. The number of carboxylic acid groups (broad SMARTS) is 2. The topological polar surface area (TPSA) is 426 Å². The summed E-state index contributed by atoms with van der Waals surface area (Å²) in [4.78, 5) is 170. The number of phenols is 1. The Kier molecular flexibility index (Phi) is 27.2. The molecule has 3 heterocycles. The molecule has 0 bridgehead atoms. The molecule has 2 saturated heterocycles. The van der Waals surface area contributed by atoms with Crippen molar-refractivity contribution in [3.8, 4) is 5.75 Å². The fourth-order valence-corrected chi connectivity index (χ4v) is 9.84. The average molecular weight is 1180 g/mol. The number of carbonyl (C=O) groups is 12. The number of likely N-dealkylation sites (tertiary alicyclic amines) is 1. The Morgan fingerprint density at radius 1 is 0.631 bits per heavy atom. The van der Waals surface area contributed by atoms with Crippen LogP contribution in [0.2, 0.25) is 0 Å². The second kappa shape index (κ2) is 33.3. The van der Waals surface area contributed by atoms with Gasteiger partial charge in [0, 0.05) is 37.7 Å². The number of aliphatic hydroxyl groups is 1. The molecule has 2 aliphatic rings. The second-order valence-corrected chi connectivity index (χ2v) is 22.8. The van der Waals surface area contributed by atoms with Gasteiger partial charge in [0.1, 0.15) is 60.4 Å². The monoisotopic (exact) mass is 1180 g/mol. The lowest BCUT2D eigenvalue weighted by atomic mass is 9.99. The number of aromatic amines is 1. The van der Waals surface area contributed by atoms with E-state index in [1.54, 1.807) is 41.5 Å². The summed E-state index contributed by atoms with van der Waals surface area (Å²) in [5.41, 5.74) is 0.698. The van der Waals surface area contributed by atoms with E-state index in [-0.39, 0.29) is 61.5 Å². The number of hydrogen-bond donors (Lipinski definition) is 14. The molecule has 14 N–H and O–H groups in total. The van der Waals surface area contributed by atoms with Crippen molar-refractivity contribution in [2.45, 2.75) is 192 Å². The van der Waals surface area contributed by atoms with E-state index in [1.807, 2.05) is 0 Å². The molecule has 2 fully saturated rings. The molecule has 2 aromatic rings. The molecule has 4 rings (SSSR count). The zero-order valence-corrected chi connectivity index (χ0v) is 48.6. The predicted molar refractivity (Wildman–Crippen MR) is 301 cm³/mol. The van der Waals surface area contributed by atoms with Crippen LogP contribution in [-0.2, 0) is 70.4 Å². The van der Waals surface area contributed by atoms with Crippen molar-refractivity contribution in [1.29, 1.82) is 0 Å². The van der Waals surface area contributed by atoms with Crippen molar-refractivity contribution in [3.63, 3.8) is 0 Å². The summed E-state index contributed by atoms with van der Waals surface area (Å²) >= 11 is 0. The van der Waals surface area contributed by atoms with Crippen LogP contribution in [-0.4, -0.2) is 186 Å². The van der Waals surface area contributed by atoms with Gasteiger partial charge in [-0.3, -0.25) is 52.7 Å². The number of aldehydes is 1. The predicted octanol–water partition coefficient (Wildman–Crippen LogP) is -1.42. The van der Waals surface area contributed by atoms with Gasteiger partial charge in [-0.25, -0.2) is 4.98 Å². The largest absolute Gasteiger partial charge is 0.508 e. The number of phenolic OH excluding ortho intramolecular Hbond substituents is 1. The van der Waals surface area contributed by atoms with Crippen LogP contribution in [0, 0.1) is 17.8 Å². The molecule has 9 amide bonds. The van der Waals surface area contributed by atoms with E-state index in [9.17, 15) is 78.0 Å². The molecule has 0 spiro atoms. The van der Waals surface area contributed by atoms with E-state index in [4.69, 9.17) is 0 Å². The number of carbonyl (C=O) groups excluding carboxylic acids is 10. The fraction of sp³-hybridized carbons (Fsp3) is 0.625. The minimum Gasteiger partial charge on any atom is -0.508 e. The van der Waals surface area contributed by atoms with Crippen LogP contribution in [0.4, 0.5) is 0 Å². The molecule has 1 aromatic carbocycles. The Labute approximate surface area is 487 Å². The summed E-state index contributed by atoms with van der Waals surface area (Å²) in [5.74, 6) is -11.5. The summed E-state index contributed by atoms with van der Waals surface area (Å²) in [7, 11) is 0. The van der Waals surface area contributed by atoms with Crippen molar-refractivity contribution in [3.05, 3.63) is 48.0 Å². The van der Waals surface area contributed by atoms with Crippen LogP contribution < -0.4 is 47.9 Å². The number of carboxylic acids is 2. The van der Waals surface area contributed by atoms with Crippen molar-refractivity contribution < 1.29 is 78.0 Å². The number of hydrogen-bond acceptors (Lipinski definition) is 16. The maximum atomic E-state index is 14.5. The normalized spacial score (nSPS) is 18.2. The Morgan fingerprint density at radius 2 is 1.15 bits per heavy atom. The first-order valence-electron chi connectivity index (χ1n) is 28.4. The maximum Gasteiger partial charge on any atom is 0.305 e. The lowest BCUT2D eigenvalue weighted by Gasteiger charge is -2.30. The van der Waals surface area contributed by atoms with E-state index in [1.165, 1.54) is 48.6 Å². The number of imidazole rings is 1. The number of aromatic hydroxyl groups is 1. The highest BCUT2D eigenvalue weighted by atomic mass is 16.4. The fourth-order valence-electron chi connectivity index (χ4n) is 9.84. The zero-order chi connectivity index (χ0) is 62.4. The molecule has 0 aliphatic carbocycles. The van der Waals surface area contributed by atoms with Crippen LogP contribution in [0.5, 0.6) is 5.75 Å². The third-order valence-electron chi connectivity index (χ3n) is 14.1. The standard InChI is InChI=1S/C56H84N12O16/c1-29(2)20-35(27-69)60-49(77)43(25-46(74)75)65-52(80)41(23-33-12-14-36(71)15-13-33)63-50(78)39(21-30(3)4)62-48(76)37(16-17-45(72)73)61-53(81)42(24-34-26-57-28-59-34)64-51(79)40(22-31(5)6)66-55(83)47(32(7)70)67-54(82)44-11-9-19-68(44)56(84)38-10-8-18-58-38/h12-15,26-32,35,37-44,47,58,70-71H,8-11,16-25H2,1-7H3,(H,57,59)(H,60,77)(H,61,81)(H,62,76)(H,63,78)(H,64,79)(H,65,80)(H,66,83)(H,67,82)(H,72,73)(H,74,75)/t32-,35+,37+,38+,39+,40+,41+,42+,43+,44+,47+/m1/s1.